The fraction of sp³-hybridized carbons (Fsp3) is 0.367. The lowest BCUT2D eigenvalue weighted by Gasteiger charge is -2.36. The second-order valence-corrected chi connectivity index (χ2v) is 12.3. The summed E-state index contributed by atoms with van der Waals surface area (Å²) < 4.78 is 40.4. The fourth-order valence-corrected chi connectivity index (χ4v) is 5.79. The molecular formula is C30H36N2O5S. The number of benzene rings is 3. The summed E-state index contributed by atoms with van der Waals surface area (Å²) in [5.74, 6) is 0.690. The van der Waals surface area contributed by atoms with Crippen molar-refractivity contribution in [3.05, 3.63) is 83.9 Å². The third kappa shape index (κ3) is 6.30. The van der Waals surface area contributed by atoms with Gasteiger partial charge >= 0.3 is 0 Å². The van der Waals surface area contributed by atoms with Crippen LogP contribution in [0.25, 0.3) is 0 Å². The summed E-state index contributed by atoms with van der Waals surface area (Å²) in [6, 6.07) is 21.7. The summed E-state index contributed by atoms with van der Waals surface area (Å²) in [4.78, 5) is 13.2. The number of rotatable bonds is 9. The van der Waals surface area contributed by atoms with Gasteiger partial charge < -0.3 is 14.8 Å². The minimum atomic E-state index is -3.92. The highest BCUT2D eigenvalue weighted by Crippen LogP contribution is 2.40. The van der Waals surface area contributed by atoms with Crippen LogP contribution in [0.4, 0.5) is 5.69 Å². The second-order valence-electron chi connectivity index (χ2n) is 10.4. The summed E-state index contributed by atoms with van der Waals surface area (Å²) >= 11 is 0. The first kappa shape index (κ1) is 27.5. The van der Waals surface area contributed by atoms with Crippen molar-refractivity contribution < 1.29 is 22.7 Å². The molecule has 4 rings (SSSR count). The Labute approximate surface area is 225 Å². The molecule has 7 nitrogen and oxygen atoms in total. The molecule has 0 unspecified atom stereocenters. The number of sulfonamides is 1. The summed E-state index contributed by atoms with van der Waals surface area (Å²) in [5.41, 5.74) is 2.46. The zero-order chi connectivity index (χ0) is 27.3. The molecule has 0 saturated carbocycles. The minimum absolute atomic E-state index is 0.136. The Morgan fingerprint density at radius 2 is 1.76 bits per heavy atom. The Bertz CT molecular complexity index is 1350. The average molecular weight is 537 g/mol. The number of nitrogens with one attached hydrogen (secondary N) is 1. The lowest BCUT2D eigenvalue weighted by atomic mass is 9.86. The maximum Gasteiger partial charge on any atom is 0.264 e. The second kappa shape index (κ2) is 11.5. The molecule has 0 aromatic heterocycles. The molecule has 1 aliphatic rings. The molecule has 0 bridgehead atoms. The molecule has 0 radical (unpaired) electrons. The Balaban J connectivity index is 1.48. The fourth-order valence-electron chi connectivity index (χ4n) is 4.30. The number of nitrogens with zero attached hydrogens (tertiary/aromatic N) is 1. The number of ether oxygens (including phenoxy) is 2. The molecule has 0 saturated heterocycles. The SMILES string of the molecule is CCCc1ccc(OCCNC(=O)[C@@H]2CN(S(=O)(=O)c3ccccc3)c3cc(C(C)(C)C)ccc3O2)cc1. The molecule has 8 heteroatoms. The molecule has 1 aliphatic heterocycles. The molecule has 1 N–H and O–H groups in total. The molecule has 202 valence electrons. The van der Waals surface area contributed by atoms with Gasteiger partial charge in [0, 0.05) is 0 Å². The topological polar surface area (TPSA) is 84.9 Å². The summed E-state index contributed by atoms with van der Waals surface area (Å²) in [7, 11) is -3.92. The maximum absolute atomic E-state index is 13.7. The number of anilines is 1. The van der Waals surface area contributed by atoms with E-state index in [2.05, 4.69) is 33.0 Å². The number of aryl methyl sites for hydroxylation is 1. The van der Waals surface area contributed by atoms with Crippen LogP contribution in [-0.2, 0) is 26.7 Å². The highest BCUT2D eigenvalue weighted by Gasteiger charge is 2.38. The zero-order valence-electron chi connectivity index (χ0n) is 22.4. The van der Waals surface area contributed by atoms with Gasteiger partial charge in [-0.3, -0.25) is 9.10 Å². The molecular weight excluding hydrogens is 500 g/mol. The van der Waals surface area contributed by atoms with Crippen molar-refractivity contribution in [1.82, 2.24) is 5.32 Å². The van der Waals surface area contributed by atoms with E-state index in [1.54, 1.807) is 36.4 Å². The number of fused-ring (bicyclic) bond motifs is 1. The molecule has 3 aromatic rings. The van der Waals surface area contributed by atoms with Gasteiger partial charge in [0.05, 0.1) is 23.7 Å². The van der Waals surface area contributed by atoms with E-state index < -0.39 is 22.0 Å². The molecule has 0 spiro atoms. The van der Waals surface area contributed by atoms with Crippen LogP contribution in [0.3, 0.4) is 0 Å². The Morgan fingerprint density at radius 3 is 2.42 bits per heavy atom. The van der Waals surface area contributed by atoms with Crippen LogP contribution < -0.4 is 19.1 Å². The normalized spacial score (nSPS) is 15.4. The van der Waals surface area contributed by atoms with Gasteiger partial charge in [-0.1, -0.05) is 70.5 Å². The van der Waals surface area contributed by atoms with Crippen LogP contribution in [-0.4, -0.2) is 40.1 Å². The standard InChI is InChI=1S/C30H36N2O5S/c1-5-9-22-12-15-24(16-13-22)36-19-18-31-29(33)28-21-32(38(34,35)25-10-7-6-8-11-25)26-20-23(30(2,3)4)14-17-27(26)37-28/h6-8,10-17,20,28H,5,9,18-19,21H2,1-4H3,(H,31,33)/t28-/m0/s1. The third-order valence-corrected chi connectivity index (χ3v) is 8.24. The van der Waals surface area contributed by atoms with E-state index >= 15 is 0 Å². The number of hydrogen-bond acceptors (Lipinski definition) is 5. The van der Waals surface area contributed by atoms with Crippen molar-refractivity contribution in [2.24, 2.45) is 0 Å². The number of carbonyl (C=O) groups excluding carboxylic acids is 1. The highest BCUT2D eigenvalue weighted by molar-refractivity contribution is 7.92. The van der Waals surface area contributed by atoms with E-state index in [0.717, 1.165) is 24.2 Å². The van der Waals surface area contributed by atoms with E-state index in [4.69, 9.17) is 9.47 Å². The smallest absolute Gasteiger partial charge is 0.264 e. The molecule has 1 amide bonds. The largest absolute Gasteiger partial charge is 0.492 e. The van der Waals surface area contributed by atoms with E-state index in [0.29, 0.717) is 11.4 Å². The monoisotopic (exact) mass is 536 g/mol. The first-order chi connectivity index (χ1) is 18.1. The Morgan fingerprint density at radius 1 is 1.05 bits per heavy atom. The van der Waals surface area contributed by atoms with Crippen molar-refractivity contribution in [1.29, 1.82) is 0 Å². The molecule has 0 fully saturated rings. The minimum Gasteiger partial charge on any atom is -0.492 e. The van der Waals surface area contributed by atoms with Gasteiger partial charge in [-0.2, -0.15) is 0 Å². The maximum atomic E-state index is 13.7. The summed E-state index contributed by atoms with van der Waals surface area (Å²) in [5, 5.41) is 2.82. The Kier molecular flexibility index (Phi) is 8.31. The van der Waals surface area contributed by atoms with Gasteiger partial charge in [0.2, 0.25) is 0 Å². The van der Waals surface area contributed by atoms with E-state index in [1.165, 1.54) is 9.87 Å². The first-order valence-corrected chi connectivity index (χ1v) is 14.4. The first-order valence-electron chi connectivity index (χ1n) is 13.0. The van der Waals surface area contributed by atoms with Crippen molar-refractivity contribution in [2.45, 2.75) is 57.0 Å². The number of amides is 1. The third-order valence-electron chi connectivity index (χ3n) is 6.45. The number of hydrogen-bond donors (Lipinski definition) is 1. The quantitative estimate of drug-likeness (QED) is 0.385. The van der Waals surface area contributed by atoms with E-state index in [1.807, 2.05) is 36.4 Å². The number of carbonyl (C=O) groups is 1. The molecule has 1 heterocycles. The van der Waals surface area contributed by atoms with Crippen LogP contribution in [0.15, 0.2) is 77.7 Å². The predicted octanol–water partition coefficient (Wildman–Crippen LogP) is 5.09. The van der Waals surface area contributed by atoms with Crippen LogP contribution >= 0.6 is 0 Å². The molecule has 38 heavy (non-hydrogen) atoms. The summed E-state index contributed by atoms with van der Waals surface area (Å²) in [6.07, 6.45) is 1.10. The Hall–Kier alpha value is -3.52. The van der Waals surface area contributed by atoms with E-state index in [-0.39, 0.29) is 30.0 Å². The van der Waals surface area contributed by atoms with E-state index in [9.17, 15) is 13.2 Å². The van der Waals surface area contributed by atoms with Gasteiger partial charge in [-0.25, -0.2) is 8.42 Å². The average Bonchev–Trinajstić information content (AvgIpc) is 2.91. The zero-order valence-corrected chi connectivity index (χ0v) is 23.3. The predicted molar refractivity (Wildman–Crippen MR) is 149 cm³/mol. The van der Waals surface area contributed by atoms with Gasteiger partial charge in [0.25, 0.3) is 15.9 Å². The van der Waals surface area contributed by atoms with Crippen LogP contribution in [0.5, 0.6) is 11.5 Å². The lowest BCUT2D eigenvalue weighted by Crippen LogP contribution is -2.51. The van der Waals surface area contributed by atoms with Gasteiger partial charge in [0.15, 0.2) is 6.10 Å². The van der Waals surface area contributed by atoms with Crippen LogP contribution in [0, 0.1) is 0 Å². The lowest BCUT2D eigenvalue weighted by molar-refractivity contribution is -0.127. The van der Waals surface area contributed by atoms with Crippen LogP contribution in [0.1, 0.15) is 45.2 Å². The van der Waals surface area contributed by atoms with Gasteiger partial charge in [-0.15, -0.1) is 0 Å². The van der Waals surface area contributed by atoms with Crippen molar-refractivity contribution >= 4 is 21.6 Å². The molecule has 0 aliphatic carbocycles. The summed E-state index contributed by atoms with van der Waals surface area (Å²) in [6.45, 7) is 8.73. The van der Waals surface area contributed by atoms with Crippen molar-refractivity contribution in [3.8, 4) is 11.5 Å². The van der Waals surface area contributed by atoms with Crippen LogP contribution in [0.2, 0.25) is 0 Å². The molecule has 3 aromatic carbocycles. The van der Waals surface area contributed by atoms with Gasteiger partial charge in [0.1, 0.15) is 18.1 Å². The van der Waals surface area contributed by atoms with Crippen molar-refractivity contribution in [3.63, 3.8) is 0 Å². The van der Waals surface area contributed by atoms with Gasteiger partial charge in [-0.05, 0) is 59.4 Å². The highest BCUT2D eigenvalue weighted by atomic mass is 32.2. The molecule has 1 atom stereocenters. The van der Waals surface area contributed by atoms with Crippen molar-refractivity contribution in [2.75, 3.05) is 24.0 Å².